The van der Waals surface area contributed by atoms with Crippen molar-refractivity contribution in [3.8, 4) is 11.1 Å². The van der Waals surface area contributed by atoms with Gasteiger partial charge in [0.2, 0.25) is 5.91 Å². The number of benzene rings is 2. The van der Waals surface area contributed by atoms with E-state index in [4.69, 9.17) is 10.5 Å². The minimum atomic E-state index is -0.599. The first-order chi connectivity index (χ1) is 14.5. The van der Waals surface area contributed by atoms with Crippen molar-refractivity contribution in [1.82, 2.24) is 4.90 Å². The molecule has 4 rings (SSSR count). The third kappa shape index (κ3) is 4.26. The molecule has 0 bridgehead atoms. The highest BCUT2D eigenvalue weighted by Crippen LogP contribution is 2.36. The fourth-order valence-electron chi connectivity index (χ4n) is 4.67. The van der Waals surface area contributed by atoms with E-state index < -0.39 is 5.41 Å². The first-order valence-electron chi connectivity index (χ1n) is 10.8. The number of hydrogen-bond acceptors (Lipinski definition) is 3. The summed E-state index contributed by atoms with van der Waals surface area (Å²) in [6.45, 7) is 3.87. The van der Waals surface area contributed by atoms with E-state index in [1.807, 2.05) is 4.90 Å². The second-order valence-electron chi connectivity index (χ2n) is 8.71. The van der Waals surface area contributed by atoms with Crippen molar-refractivity contribution in [3.63, 3.8) is 0 Å². The molecule has 0 unspecified atom stereocenters. The normalized spacial score (nSPS) is 20.8. The van der Waals surface area contributed by atoms with Crippen LogP contribution >= 0.6 is 0 Å². The van der Waals surface area contributed by atoms with Crippen LogP contribution < -0.4 is 5.73 Å². The van der Waals surface area contributed by atoms with Gasteiger partial charge in [0.25, 0.3) is 5.91 Å². The molecule has 5 nitrogen and oxygen atoms in total. The van der Waals surface area contributed by atoms with Crippen LogP contribution in [0.4, 0.5) is 0 Å². The van der Waals surface area contributed by atoms with Gasteiger partial charge in [0.15, 0.2) is 0 Å². The molecule has 30 heavy (non-hydrogen) atoms. The van der Waals surface area contributed by atoms with Crippen molar-refractivity contribution in [2.75, 3.05) is 19.7 Å². The molecule has 2 N–H and O–H groups in total. The molecule has 0 aliphatic carbocycles. The van der Waals surface area contributed by atoms with Crippen molar-refractivity contribution in [1.29, 1.82) is 0 Å². The SMILES string of the molecule is Cc1cccc(-c2ccc(CC3(C(N)=O)CCN(C(=O)[C@@H]4CCCO4)CC3)cc2)c1. The van der Waals surface area contributed by atoms with E-state index in [-0.39, 0.29) is 17.9 Å². The summed E-state index contributed by atoms with van der Waals surface area (Å²) in [7, 11) is 0. The van der Waals surface area contributed by atoms with Gasteiger partial charge in [0.05, 0.1) is 5.41 Å². The summed E-state index contributed by atoms with van der Waals surface area (Å²) in [4.78, 5) is 26.9. The fraction of sp³-hybridized carbons (Fsp3) is 0.440. The summed E-state index contributed by atoms with van der Waals surface area (Å²) in [5, 5.41) is 0. The second-order valence-corrected chi connectivity index (χ2v) is 8.71. The van der Waals surface area contributed by atoms with Crippen LogP contribution in [0.25, 0.3) is 11.1 Å². The zero-order valence-corrected chi connectivity index (χ0v) is 17.6. The lowest BCUT2D eigenvalue weighted by molar-refractivity contribution is -0.146. The standard InChI is InChI=1S/C25H30N2O3/c1-18-4-2-5-21(16-18)20-9-7-19(8-10-20)17-25(24(26)29)11-13-27(14-12-25)23(28)22-6-3-15-30-22/h2,4-5,7-10,16,22H,3,6,11-15,17H2,1H3,(H2,26,29)/t22-/m0/s1. The number of primary amides is 1. The summed E-state index contributed by atoms with van der Waals surface area (Å²) in [6.07, 6.45) is 3.23. The lowest BCUT2D eigenvalue weighted by Crippen LogP contribution is -2.51. The minimum absolute atomic E-state index is 0.0630. The summed E-state index contributed by atoms with van der Waals surface area (Å²) in [6, 6.07) is 16.8. The maximum atomic E-state index is 12.6. The zero-order valence-electron chi connectivity index (χ0n) is 17.6. The van der Waals surface area contributed by atoms with Crippen molar-refractivity contribution in [3.05, 3.63) is 59.7 Å². The Morgan fingerprint density at radius 3 is 2.43 bits per heavy atom. The first kappa shape index (κ1) is 20.6. The first-order valence-corrected chi connectivity index (χ1v) is 10.8. The maximum absolute atomic E-state index is 12.6. The molecule has 0 spiro atoms. The molecule has 0 radical (unpaired) electrons. The molecule has 2 fully saturated rings. The Balaban J connectivity index is 1.44. The summed E-state index contributed by atoms with van der Waals surface area (Å²) in [5.74, 6) is -0.206. The van der Waals surface area contributed by atoms with Gasteiger partial charge in [-0.3, -0.25) is 9.59 Å². The number of amides is 2. The largest absolute Gasteiger partial charge is 0.369 e. The molecule has 158 valence electrons. The van der Waals surface area contributed by atoms with Crippen molar-refractivity contribution in [2.45, 2.75) is 45.1 Å². The quantitative estimate of drug-likeness (QED) is 0.826. The highest BCUT2D eigenvalue weighted by Gasteiger charge is 2.42. The number of carbonyl (C=O) groups is 2. The van der Waals surface area contributed by atoms with Gasteiger partial charge in [0.1, 0.15) is 6.10 Å². The van der Waals surface area contributed by atoms with Gasteiger partial charge >= 0.3 is 0 Å². The van der Waals surface area contributed by atoms with Gasteiger partial charge in [-0.25, -0.2) is 0 Å². The minimum Gasteiger partial charge on any atom is -0.369 e. The Labute approximate surface area is 178 Å². The number of piperidine rings is 1. The summed E-state index contributed by atoms with van der Waals surface area (Å²) in [5.41, 5.74) is 9.94. The highest BCUT2D eigenvalue weighted by molar-refractivity contribution is 5.83. The third-order valence-corrected chi connectivity index (χ3v) is 6.61. The number of rotatable bonds is 5. The number of nitrogens with zero attached hydrogens (tertiary/aromatic N) is 1. The molecule has 0 saturated carbocycles. The Bertz CT molecular complexity index is 908. The van der Waals surface area contributed by atoms with E-state index in [9.17, 15) is 9.59 Å². The Hall–Kier alpha value is -2.66. The summed E-state index contributed by atoms with van der Waals surface area (Å²) < 4.78 is 5.54. The van der Waals surface area contributed by atoms with Gasteiger partial charge < -0.3 is 15.4 Å². The smallest absolute Gasteiger partial charge is 0.251 e. The van der Waals surface area contributed by atoms with Gasteiger partial charge in [-0.05, 0) is 55.7 Å². The molecular formula is C25H30N2O3. The van der Waals surface area contributed by atoms with Crippen molar-refractivity contribution >= 4 is 11.8 Å². The van der Waals surface area contributed by atoms with Gasteiger partial charge in [-0.1, -0.05) is 54.1 Å². The average Bonchev–Trinajstić information content (AvgIpc) is 3.29. The molecule has 5 heteroatoms. The van der Waals surface area contributed by atoms with Crippen LogP contribution in [0.2, 0.25) is 0 Å². The number of carbonyl (C=O) groups excluding carboxylic acids is 2. The second kappa shape index (κ2) is 8.60. The number of ether oxygens (including phenoxy) is 1. The molecule has 2 aromatic carbocycles. The predicted octanol–water partition coefficient (Wildman–Crippen LogP) is 3.48. The highest BCUT2D eigenvalue weighted by atomic mass is 16.5. The van der Waals surface area contributed by atoms with Crippen LogP contribution in [0.1, 0.15) is 36.8 Å². The lowest BCUT2D eigenvalue weighted by atomic mass is 9.73. The number of likely N-dealkylation sites (tertiary alicyclic amines) is 1. The molecule has 2 aliphatic heterocycles. The molecule has 2 saturated heterocycles. The zero-order chi connectivity index (χ0) is 21.1. The van der Waals surface area contributed by atoms with E-state index in [1.165, 1.54) is 11.1 Å². The maximum Gasteiger partial charge on any atom is 0.251 e. The number of nitrogens with two attached hydrogens (primary N) is 1. The molecule has 2 aromatic rings. The molecular weight excluding hydrogens is 376 g/mol. The van der Waals surface area contributed by atoms with E-state index in [0.29, 0.717) is 39.0 Å². The number of aryl methyl sites for hydroxylation is 1. The van der Waals surface area contributed by atoms with Gasteiger partial charge in [-0.2, -0.15) is 0 Å². The lowest BCUT2D eigenvalue weighted by Gasteiger charge is -2.40. The van der Waals surface area contributed by atoms with E-state index in [0.717, 1.165) is 24.0 Å². The van der Waals surface area contributed by atoms with E-state index >= 15 is 0 Å². The van der Waals surface area contributed by atoms with Gasteiger partial charge in [0, 0.05) is 19.7 Å². The predicted molar refractivity (Wildman–Crippen MR) is 117 cm³/mol. The van der Waals surface area contributed by atoms with Gasteiger partial charge in [-0.15, -0.1) is 0 Å². The monoisotopic (exact) mass is 406 g/mol. The van der Waals surface area contributed by atoms with Crippen LogP contribution in [0.15, 0.2) is 48.5 Å². The van der Waals surface area contributed by atoms with Crippen molar-refractivity contribution in [2.24, 2.45) is 11.1 Å². The number of hydrogen-bond donors (Lipinski definition) is 1. The molecule has 2 amide bonds. The summed E-state index contributed by atoms with van der Waals surface area (Å²) >= 11 is 0. The molecule has 0 aromatic heterocycles. The van der Waals surface area contributed by atoms with Crippen LogP contribution in [0, 0.1) is 12.3 Å². The fourth-order valence-corrected chi connectivity index (χ4v) is 4.67. The van der Waals surface area contributed by atoms with E-state index in [2.05, 4.69) is 55.5 Å². The van der Waals surface area contributed by atoms with Crippen LogP contribution in [-0.4, -0.2) is 42.5 Å². The van der Waals surface area contributed by atoms with E-state index in [1.54, 1.807) is 0 Å². The molecule has 2 aliphatic rings. The third-order valence-electron chi connectivity index (χ3n) is 6.61. The van der Waals surface area contributed by atoms with Crippen LogP contribution in [-0.2, 0) is 20.7 Å². The molecule has 2 heterocycles. The average molecular weight is 407 g/mol. The Morgan fingerprint density at radius 2 is 1.83 bits per heavy atom. The topological polar surface area (TPSA) is 72.6 Å². The Kier molecular flexibility index (Phi) is 5.91. The molecule has 1 atom stereocenters. The van der Waals surface area contributed by atoms with Crippen LogP contribution in [0.3, 0.4) is 0 Å². The van der Waals surface area contributed by atoms with Crippen molar-refractivity contribution < 1.29 is 14.3 Å². The van der Waals surface area contributed by atoms with Crippen LogP contribution in [0.5, 0.6) is 0 Å². The Morgan fingerprint density at radius 1 is 1.10 bits per heavy atom.